The highest BCUT2D eigenvalue weighted by molar-refractivity contribution is 5.75. The second-order valence-corrected chi connectivity index (χ2v) is 5.50. The number of aliphatic hydroxyl groups is 1. The Morgan fingerprint density at radius 2 is 2.12 bits per heavy atom. The van der Waals surface area contributed by atoms with Crippen molar-refractivity contribution in [1.29, 1.82) is 0 Å². The van der Waals surface area contributed by atoms with Crippen molar-refractivity contribution >= 4 is 22.7 Å². The standard InChI is InChI=1S/C17H16N7O/c25-7-6-23-12-15(10-19-23)21-17-18-8-14-9-20-24(16(14)22-17)11-13-4-2-1-3-5-13/h1-4,8-10,12,25H,6-7,11H2,(H,18,21,22). The summed E-state index contributed by atoms with van der Waals surface area (Å²) in [5.74, 6) is 0.467. The molecule has 8 nitrogen and oxygen atoms in total. The quantitative estimate of drug-likeness (QED) is 0.556. The molecule has 1 aromatic carbocycles. The van der Waals surface area contributed by atoms with Crippen molar-refractivity contribution < 1.29 is 5.11 Å². The fraction of sp³-hybridized carbons (Fsp3) is 0.176. The summed E-state index contributed by atoms with van der Waals surface area (Å²) in [5, 5.41) is 21.5. The molecule has 0 saturated carbocycles. The molecule has 0 spiro atoms. The van der Waals surface area contributed by atoms with E-state index >= 15 is 0 Å². The molecule has 2 N–H and O–H groups in total. The minimum Gasteiger partial charge on any atom is -0.394 e. The predicted octanol–water partition coefficient (Wildman–Crippen LogP) is 1.61. The Morgan fingerprint density at radius 1 is 1.16 bits per heavy atom. The highest BCUT2D eigenvalue weighted by atomic mass is 16.3. The third-order valence-electron chi connectivity index (χ3n) is 3.69. The SMILES string of the molecule is OCCn1cc(Nc2ncc3cnn(Cc4[c]cccc4)c3n2)cn1. The van der Waals surface area contributed by atoms with Gasteiger partial charge in [0.1, 0.15) is 0 Å². The van der Waals surface area contributed by atoms with Crippen molar-refractivity contribution in [1.82, 2.24) is 29.5 Å². The Balaban J connectivity index is 1.59. The van der Waals surface area contributed by atoms with E-state index < -0.39 is 0 Å². The van der Waals surface area contributed by atoms with Crippen LogP contribution in [0.1, 0.15) is 5.56 Å². The largest absolute Gasteiger partial charge is 0.394 e. The third kappa shape index (κ3) is 3.33. The van der Waals surface area contributed by atoms with Crippen LogP contribution in [0, 0.1) is 6.07 Å². The van der Waals surface area contributed by atoms with E-state index in [0.717, 1.165) is 22.3 Å². The number of fused-ring (bicyclic) bond motifs is 1. The van der Waals surface area contributed by atoms with Crippen LogP contribution in [0.3, 0.4) is 0 Å². The van der Waals surface area contributed by atoms with Crippen molar-refractivity contribution in [2.24, 2.45) is 0 Å². The molecule has 0 aliphatic rings. The van der Waals surface area contributed by atoms with E-state index in [9.17, 15) is 0 Å². The molecule has 125 valence electrons. The first kappa shape index (κ1) is 15.3. The molecule has 25 heavy (non-hydrogen) atoms. The fourth-order valence-electron chi connectivity index (χ4n) is 2.51. The number of hydrogen-bond acceptors (Lipinski definition) is 6. The normalized spacial score (nSPS) is 11.1. The minimum absolute atomic E-state index is 0.0409. The van der Waals surface area contributed by atoms with Crippen molar-refractivity contribution in [3.63, 3.8) is 0 Å². The van der Waals surface area contributed by atoms with Gasteiger partial charge in [-0.2, -0.15) is 15.2 Å². The van der Waals surface area contributed by atoms with Gasteiger partial charge in [-0.25, -0.2) is 9.67 Å². The molecule has 4 rings (SSSR count). The van der Waals surface area contributed by atoms with Gasteiger partial charge in [0.25, 0.3) is 0 Å². The summed E-state index contributed by atoms with van der Waals surface area (Å²) in [5.41, 5.74) is 2.54. The van der Waals surface area contributed by atoms with Crippen molar-refractivity contribution in [2.75, 3.05) is 11.9 Å². The summed E-state index contributed by atoms with van der Waals surface area (Å²) in [7, 11) is 0. The van der Waals surface area contributed by atoms with Crippen LogP contribution in [0.5, 0.6) is 0 Å². The summed E-state index contributed by atoms with van der Waals surface area (Å²) in [4.78, 5) is 8.87. The highest BCUT2D eigenvalue weighted by Gasteiger charge is 2.08. The van der Waals surface area contributed by atoms with Crippen LogP contribution in [0.2, 0.25) is 0 Å². The Labute approximate surface area is 143 Å². The van der Waals surface area contributed by atoms with E-state index in [2.05, 4.69) is 31.5 Å². The van der Waals surface area contributed by atoms with E-state index in [-0.39, 0.29) is 6.61 Å². The fourth-order valence-corrected chi connectivity index (χ4v) is 2.51. The van der Waals surface area contributed by atoms with Crippen LogP contribution in [0.25, 0.3) is 11.0 Å². The van der Waals surface area contributed by atoms with Crippen LogP contribution < -0.4 is 5.32 Å². The number of anilines is 2. The smallest absolute Gasteiger partial charge is 0.229 e. The maximum Gasteiger partial charge on any atom is 0.229 e. The summed E-state index contributed by atoms with van der Waals surface area (Å²) in [6, 6.07) is 11.0. The van der Waals surface area contributed by atoms with Gasteiger partial charge >= 0.3 is 0 Å². The van der Waals surface area contributed by atoms with Crippen LogP contribution >= 0.6 is 0 Å². The van der Waals surface area contributed by atoms with Gasteiger partial charge in [0.15, 0.2) is 5.65 Å². The molecule has 1 radical (unpaired) electrons. The van der Waals surface area contributed by atoms with Gasteiger partial charge in [0.05, 0.1) is 43.2 Å². The first-order valence-corrected chi connectivity index (χ1v) is 7.86. The Bertz CT molecular complexity index is 977. The molecule has 0 amide bonds. The van der Waals surface area contributed by atoms with Gasteiger partial charge in [-0.15, -0.1) is 0 Å². The number of rotatable bonds is 6. The number of nitrogens with zero attached hydrogens (tertiary/aromatic N) is 6. The van der Waals surface area contributed by atoms with Crippen LogP contribution in [0.15, 0.2) is 49.1 Å². The maximum atomic E-state index is 8.95. The lowest BCUT2D eigenvalue weighted by atomic mass is 10.2. The Morgan fingerprint density at radius 3 is 2.96 bits per heavy atom. The number of aliphatic hydroxyl groups excluding tert-OH is 1. The molecule has 3 aromatic heterocycles. The monoisotopic (exact) mass is 334 g/mol. The lowest BCUT2D eigenvalue weighted by Crippen LogP contribution is -2.04. The second-order valence-electron chi connectivity index (χ2n) is 5.50. The number of aromatic nitrogens is 6. The zero-order valence-electron chi connectivity index (χ0n) is 13.4. The van der Waals surface area contributed by atoms with Crippen molar-refractivity contribution in [2.45, 2.75) is 13.1 Å². The summed E-state index contributed by atoms with van der Waals surface area (Å²) < 4.78 is 3.47. The zero-order chi connectivity index (χ0) is 17.1. The summed E-state index contributed by atoms with van der Waals surface area (Å²) in [6.45, 7) is 1.08. The zero-order valence-corrected chi connectivity index (χ0v) is 13.4. The number of benzene rings is 1. The van der Waals surface area contributed by atoms with Gasteiger partial charge in [0.2, 0.25) is 5.95 Å². The third-order valence-corrected chi connectivity index (χ3v) is 3.69. The molecule has 8 heteroatoms. The number of nitrogens with one attached hydrogen (secondary N) is 1. The first-order chi connectivity index (χ1) is 12.3. The van der Waals surface area contributed by atoms with E-state index in [1.807, 2.05) is 28.9 Å². The van der Waals surface area contributed by atoms with Gasteiger partial charge in [-0.3, -0.25) is 4.68 Å². The van der Waals surface area contributed by atoms with Crippen molar-refractivity contribution in [3.05, 3.63) is 60.7 Å². The molecule has 0 saturated heterocycles. The summed E-state index contributed by atoms with van der Waals surface area (Å²) >= 11 is 0. The van der Waals surface area contributed by atoms with Crippen LogP contribution in [-0.2, 0) is 13.1 Å². The van der Waals surface area contributed by atoms with E-state index in [1.54, 1.807) is 29.5 Å². The molecule has 0 unspecified atom stereocenters. The Hall–Kier alpha value is -3.26. The average molecular weight is 334 g/mol. The minimum atomic E-state index is 0.0409. The maximum absolute atomic E-state index is 8.95. The molecule has 0 bridgehead atoms. The molecule has 4 aromatic rings. The first-order valence-electron chi connectivity index (χ1n) is 7.86. The Kier molecular flexibility index (Phi) is 4.09. The molecule has 3 heterocycles. The predicted molar refractivity (Wildman–Crippen MR) is 92.3 cm³/mol. The average Bonchev–Trinajstić information content (AvgIpc) is 3.24. The topological polar surface area (TPSA) is 93.7 Å². The van der Waals surface area contributed by atoms with Crippen molar-refractivity contribution in [3.8, 4) is 0 Å². The summed E-state index contributed by atoms with van der Waals surface area (Å²) in [6.07, 6.45) is 6.95. The van der Waals surface area contributed by atoms with Gasteiger partial charge in [0, 0.05) is 12.4 Å². The molecule has 0 atom stereocenters. The van der Waals surface area contributed by atoms with E-state index in [4.69, 9.17) is 5.11 Å². The van der Waals surface area contributed by atoms with Crippen LogP contribution in [-0.4, -0.2) is 41.2 Å². The lowest BCUT2D eigenvalue weighted by molar-refractivity contribution is 0.269. The van der Waals surface area contributed by atoms with Gasteiger partial charge < -0.3 is 10.4 Å². The van der Waals surface area contributed by atoms with Gasteiger partial charge in [-0.05, 0) is 11.6 Å². The lowest BCUT2D eigenvalue weighted by Gasteiger charge is -2.05. The molecule has 0 fully saturated rings. The van der Waals surface area contributed by atoms with Crippen LogP contribution in [0.4, 0.5) is 11.6 Å². The molecular formula is C17H16N7O. The molecular weight excluding hydrogens is 318 g/mol. The molecule has 0 aliphatic carbocycles. The van der Waals surface area contributed by atoms with E-state index in [0.29, 0.717) is 19.0 Å². The van der Waals surface area contributed by atoms with E-state index in [1.165, 1.54) is 0 Å². The molecule has 0 aliphatic heterocycles. The second kappa shape index (κ2) is 6.70. The highest BCUT2D eigenvalue weighted by Crippen LogP contribution is 2.17. The van der Waals surface area contributed by atoms with Gasteiger partial charge in [-0.1, -0.05) is 24.3 Å². The number of hydrogen-bond donors (Lipinski definition) is 2.